The van der Waals surface area contributed by atoms with E-state index in [0.29, 0.717) is 0 Å². The van der Waals surface area contributed by atoms with Gasteiger partial charge in [0.05, 0.1) is 0 Å². The zero-order valence-corrected chi connectivity index (χ0v) is 7.24. The van der Waals surface area contributed by atoms with Crippen LogP contribution < -0.4 is 0 Å². The Morgan fingerprint density at radius 1 is 1.23 bits per heavy atom. The minimum Gasteiger partial charge on any atom is -0.267 e. The molecule has 0 spiro atoms. The van der Waals surface area contributed by atoms with Crippen molar-refractivity contribution in [1.82, 2.24) is 4.90 Å². The van der Waals surface area contributed by atoms with E-state index in [0.717, 1.165) is 4.90 Å². The van der Waals surface area contributed by atoms with Gasteiger partial charge < -0.3 is 0 Å². The minimum absolute atomic E-state index is 0.00176. The number of hydrogen-bond donors (Lipinski definition) is 0. The van der Waals surface area contributed by atoms with Crippen LogP contribution in [0.1, 0.15) is 0 Å². The van der Waals surface area contributed by atoms with Crippen molar-refractivity contribution in [2.75, 3.05) is 7.05 Å². The molecule has 0 saturated heterocycles. The molecule has 0 aliphatic carbocycles. The lowest BCUT2D eigenvalue weighted by molar-refractivity contribution is -0.120. The maximum absolute atomic E-state index is 11.3. The van der Waals surface area contributed by atoms with Gasteiger partial charge in [-0.1, -0.05) is 0 Å². The zero-order chi connectivity index (χ0) is 9.59. The first-order valence-corrected chi connectivity index (χ1v) is 3.71. The number of nitrogens with zero attached hydrogens (tertiary/aromatic N) is 4. The molecule has 0 atom stereocenters. The van der Waals surface area contributed by atoms with Crippen LogP contribution in [0.15, 0.2) is 15.0 Å². The molecule has 0 aromatic carbocycles. The van der Waals surface area contributed by atoms with Crippen LogP contribution in [0, 0.1) is 0 Å². The third-order valence-corrected chi connectivity index (χ3v) is 1.78. The predicted molar refractivity (Wildman–Crippen MR) is 46.3 cm³/mol. The summed E-state index contributed by atoms with van der Waals surface area (Å²) >= 11 is 5.45. The van der Waals surface area contributed by atoms with E-state index >= 15 is 0 Å². The first-order valence-electron chi connectivity index (χ1n) is 3.33. The fourth-order valence-corrected chi connectivity index (χ4v) is 1.10. The predicted octanol–water partition coefficient (Wildman–Crippen LogP) is 0.0263. The summed E-state index contributed by atoms with van der Waals surface area (Å²) in [6.07, 6.45) is 0. The van der Waals surface area contributed by atoms with Gasteiger partial charge in [-0.05, 0) is 11.6 Å². The van der Waals surface area contributed by atoms with Crippen LogP contribution in [0.2, 0.25) is 0 Å². The Morgan fingerprint density at radius 2 is 1.92 bits per heavy atom. The number of halogens is 1. The number of amides is 3. The average molecular weight is 199 g/mol. The average Bonchev–Trinajstić information content (AvgIpc) is 2.42. The number of rotatable bonds is 0. The Balaban J connectivity index is 2.55. The number of amidine groups is 2. The molecule has 2 heterocycles. The van der Waals surface area contributed by atoms with Gasteiger partial charge in [-0.3, -0.25) is 9.69 Å². The van der Waals surface area contributed by atoms with Crippen LogP contribution in [0.3, 0.4) is 0 Å². The molecule has 0 fully saturated rings. The number of carbonyl (C=O) groups is 2. The molecule has 0 aromatic heterocycles. The largest absolute Gasteiger partial charge is 0.352 e. The number of hydrogen-bond acceptors (Lipinski definition) is 4. The van der Waals surface area contributed by atoms with E-state index in [1.165, 1.54) is 7.05 Å². The zero-order valence-electron chi connectivity index (χ0n) is 6.48. The van der Waals surface area contributed by atoms with Gasteiger partial charge in [0.25, 0.3) is 5.91 Å². The van der Waals surface area contributed by atoms with Gasteiger partial charge in [-0.25, -0.2) is 9.79 Å². The molecule has 0 radical (unpaired) electrons. The highest BCUT2D eigenvalue weighted by Crippen LogP contribution is 2.11. The van der Waals surface area contributed by atoms with Crippen LogP contribution in [0.4, 0.5) is 4.79 Å². The summed E-state index contributed by atoms with van der Waals surface area (Å²) in [5.74, 6) is -0.535. The molecule has 2 rings (SSSR count). The van der Waals surface area contributed by atoms with Gasteiger partial charge in [0.2, 0.25) is 5.29 Å². The van der Waals surface area contributed by atoms with Gasteiger partial charge in [0.1, 0.15) is 0 Å². The Hall–Kier alpha value is -1.56. The summed E-state index contributed by atoms with van der Waals surface area (Å²) in [6, 6.07) is -0.658. The van der Waals surface area contributed by atoms with E-state index in [1.54, 1.807) is 0 Å². The van der Waals surface area contributed by atoms with Gasteiger partial charge >= 0.3 is 6.03 Å². The molecule has 0 aromatic rings. The summed E-state index contributed by atoms with van der Waals surface area (Å²) < 4.78 is 0. The van der Waals surface area contributed by atoms with Gasteiger partial charge in [0.15, 0.2) is 11.5 Å². The fourth-order valence-electron chi connectivity index (χ4n) is 0.940. The number of carbonyl (C=O) groups excluding carboxylic acids is 2. The van der Waals surface area contributed by atoms with Crippen LogP contribution in [0.5, 0.6) is 0 Å². The second-order valence-corrected chi connectivity index (χ2v) is 2.76. The van der Waals surface area contributed by atoms with Crippen molar-refractivity contribution in [2.24, 2.45) is 15.0 Å². The molecule has 0 unspecified atom stereocenters. The monoisotopic (exact) mass is 198 g/mol. The van der Waals surface area contributed by atoms with Gasteiger partial charge in [-0.15, -0.1) is 0 Å². The van der Waals surface area contributed by atoms with E-state index in [9.17, 15) is 9.59 Å². The van der Waals surface area contributed by atoms with Crippen molar-refractivity contribution in [3.63, 3.8) is 0 Å². The van der Waals surface area contributed by atoms with E-state index in [-0.39, 0.29) is 16.8 Å². The maximum Gasteiger partial charge on any atom is 0.352 e. The lowest BCUT2D eigenvalue weighted by Gasteiger charge is -2.15. The quantitative estimate of drug-likeness (QED) is 0.515. The van der Waals surface area contributed by atoms with Crippen LogP contribution >= 0.6 is 11.6 Å². The third-order valence-electron chi connectivity index (χ3n) is 1.61. The lowest BCUT2D eigenvalue weighted by atomic mass is 10.3. The van der Waals surface area contributed by atoms with Crippen molar-refractivity contribution in [1.29, 1.82) is 0 Å². The summed E-state index contributed by atoms with van der Waals surface area (Å²) in [5.41, 5.74) is 0.0205. The van der Waals surface area contributed by atoms with Crippen molar-refractivity contribution in [3.8, 4) is 0 Å². The molecule has 6 nitrogen and oxygen atoms in total. The highest BCUT2D eigenvalue weighted by atomic mass is 35.5. The van der Waals surface area contributed by atoms with E-state index < -0.39 is 11.9 Å². The molecule has 7 heteroatoms. The number of aliphatic imine (C=N–C) groups is 3. The van der Waals surface area contributed by atoms with Crippen LogP contribution in [-0.2, 0) is 4.79 Å². The van der Waals surface area contributed by atoms with E-state index in [4.69, 9.17) is 11.6 Å². The molecule has 0 bridgehead atoms. The summed E-state index contributed by atoms with van der Waals surface area (Å²) in [4.78, 5) is 33.9. The SMILES string of the molecule is CN1C(=O)N=C2N=C(Cl)N=C2C1=O. The summed E-state index contributed by atoms with van der Waals surface area (Å²) in [6.45, 7) is 0. The molecule has 3 amide bonds. The normalized spacial score (nSPS) is 21.1. The molecular formula is C6H3ClN4O2. The first kappa shape index (κ1) is 8.06. The molecule has 0 N–H and O–H groups in total. The number of imide groups is 1. The standard InChI is InChI=1S/C6H3ClN4O2/c1-11-4(12)2-3(10-6(11)13)9-5(7)8-2/h1H3. The highest BCUT2D eigenvalue weighted by Gasteiger charge is 2.34. The number of urea groups is 1. The van der Waals surface area contributed by atoms with Crippen molar-refractivity contribution in [2.45, 2.75) is 0 Å². The minimum atomic E-state index is -0.658. The van der Waals surface area contributed by atoms with Gasteiger partial charge in [-0.2, -0.15) is 9.98 Å². The molecular weight excluding hydrogens is 196 g/mol. The molecule has 13 heavy (non-hydrogen) atoms. The Labute approximate surface area is 77.6 Å². The topological polar surface area (TPSA) is 74.5 Å². The smallest absolute Gasteiger partial charge is 0.267 e. The van der Waals surface area contributed by atoms with E-state index in [1.807, 2.05) is 0 Å². The second-order valence-electron chi connectivity index (χ2n) is 2.42. The first-order chi connectivity index (χ1) is 6.09. The fraction of sp³-hybridized carbons (Fsp3) is 0.167. The Kier molecular flexibility index (Phi) is 1.53. The summed E-state index contributed by atoms with van der Waals surface area (Å²) in [7, 11) is 1.32. The van der Waals surface area contributed by atoms with Crippen molar-refractivity contribution in [3.05, 3.63) is 0 Å². The van der Waals surface area contributed by atoms with E-state index in [2.05, 4.69) is 15.0 Å². The van der Waals surface area contributed by atoms with Gasteiger partial charge in [0, 0.05) is 7.05 Å². The molecule has 2 aliphatic rings. The lowest BCUT2D eigenvalue weighted by Crippen LogP contribution is -2.43. The van der Waals surface area contributed by atoms with Crippen LogP contribution in [0.25, 0.3) is 0 Å². The van der Waals surface area contributed by atoms with Crippen LogP contribution in [-0.4, -0.2) is 40.7 Å². The van der Waals surface area contributed by atoms with Crippen molar-refractivity contribution < 1.29 is 9.59 Å². The summed E-state index contributed by atoms with van der Waals surface area (Å²) in [5, 5.41) is -0.0785. The Morgan fingerprint density at radius 3 is 2.62 bits per heavy atom. The maximum atomic E-state index is 11.3. The highest BCUT2D eigenvalue weighted by molar-refractivity contribution is 6.79. The molecule has 66 valence electrons. The second kappa shape index (κ2) is 2.46. The third kappa shape index (κ3) is 1.06. The van der Waals surface area contributed by atoms with Crippen molar-refractivity contribution >= 4 is 40.4 Å². The number of fused-ring (bicyclic) bond motifs is 1. The Bertz CT molecular complexity index is 409. The molecule has 2 aliphatic heterocycles. The molecule has 0 saturated carbocycles.